The minimum Gasteiger partial charge on any atom is -0.450 e. The first-order valence-corrected chi connectivity index (χ1v) is 10.2. The lowest BCUT2D eigenvalue weighted by atomic mass is 9.87. The lowest BCUT2D eigenvalue weighted by Gasteiger charge is -2.18. The SMILES string of the molecule is CCCC(CCCCCCC(c1ccccc1)c1ccccc1)OC(=O)O. The number of rotatable bonds is 12. The molecule has 0 aliphatic rings. The zero-order valence-corrected chi connectivity index (χ0v) is 16.3. The molecule has 0 amide bonds. The summed E-state index contributed by atoms with van der Waals surface area (Å²) in [5, 5.41) is 8.81. The molecule has 3 nitrogen and oxygen atoms in total. The Labute approximate surface area is 163 Å². The van der Waals surface area contributed by atoms with Crippen molar-refractivity contribution in [3.05, 3.63) is 71.8 Å². The van der Waals surface area contributed by atoms with Gasteiger partial charge in [-0.2, -0.15) is 0 Å². The Hall–Kier alpha value is -2.29. The van der Waals surface area contributed by atoms with Gasteiger partial charge < -0.3 is 9.84 Å². The molecule has 0 radical (unpaired) electrons. The van der Waals surface area contributed by atoms with Crippen LogP contribution in [-0.2, 0) is 4.74 Å². The van der Waals surface area contributed by atoms with Crippen molar-refractivity contribution < 1.29 is 14.6 Å². The summed E-state index contributed by atoms with van der Waals surface area (Å²) in [4.78, 5) is 10.7. The van der Waals surface area contributed by atoms with E-state index in [0.29, 0.717) is 5.92 Å². The van der Waals surface area contributed by atoms with Crippen LogP contribution in [0.2, 0.25) is 0 Å². The van der Waals surface area contributed by atoms with E-state index >= 15 is 0 Å². The number of hydrogen-bond acceptors (Lipinski definition) is 2. The number of ether oxygens (including phenoxy) is 1. The molecule has 3 heteroatoms. The topological polar surface area (TPSA) is 46.5 Å². The molecule has 0 fully saturated rings. The molecule has 0 saturated heterocycles. The van der Waals surface area contributed by atoms with Gasteiger partial charge in [0.25, 0.3) is 0 Å². The smallest absolute Gasteiger partial charge is 0.450 e. The second-order valence-corrected chi connectivity index (χ2v) is 7.16. The van der Waals surface area contributed by atoms with Gasteiger partial charge in [0.15, 0.2) is 0 Å². The predicted molar refractivity (Wildman–Crippen MR) is 110 cm³/mol. The number of carboxylic acid groups (broad SMARTS) is 1. The maximum Gasteiger partial charge on any atom is 0.506 e. The third-order valence-corrected chi connectivity index (χ3v) is 5.05. The second-order valence-electron chi connectivity index (χ2n) is 7.16. The van der Waals surface area contributed by atoms with Gasteiger partial charge in [0.2, 0.25) is 0 Å². The first kappa shape index (κ1) is 21.0. The van der Waals surface area contributed by atoms with Gasteiger partial charge >= 0.3 is 6.16 Å². The van der Waals surface area contributed by atoms with Gasteiger partial charge in [0.1, 0.15) is 6.10 Å². The van der Waals surface area contributed by atoms with Crippen LogP contribution in [0.5, 0.6) is 0 Å². The maximum atomic E-state index is 10.7. The third-order valence-electron chi connectivity index (χ3n) is 5.05. The van der Waals surface area contributed by atoms with Crippen LogP contribution >= 0.6 is 0 Å². The molecule has 1 unspecified atom stereocenters. The summed E-state index contributed by atoms with van der Waals surface area (Å²) in [7, 11) is 0. The minimum absolute atomic E-state index is 0.145. The van der Waals surface area contributed by atoms with E-state index in [9.17, 15) is 4.79 Å². The summed E-state index contributed by atoms with van der Waals surface area (Å²) in [6.07, 6.45) is 6.94. The fourth-order valence-corrected chi connectivity index (χ4v) is 3.70. The van der Waals surface area contributed by atoms with Crippen molar-refractivity contribution in [3.8, 4) is 0 Å². The Morgan fingerprint density at radius 3 is 1.81 bits per heavy atom. The number of hydrogen-bond donors (Lipinski definition) is 1. The average molecular weight is 369 g/mol. The summed E-state index contributed by atoms with van der Waals surface area (Å²) < 4.78 is 4.97. The van der Waals surface area contributed by atoms with E-state index in [-0.39, 0.29) is 6.10 Å². The van der Waals surface area contributed by atoms with Crippen molar-refractivity contribution >= 4 is 6.16 Å². The number of carbonyl (C=O) groups is 1. The van der Waals surface area contributed by atoms with Crippen molar-refractivity contribution in [1.29, 1.82) is 0 Å². The highest BCUT2D eigenvalue weighted by molar-refractivity contribution is 5.57. The molecular formula is C24H32O3. The average Bonchev–Trinajstić information content (AvgIpc) is 2.68. The van der Waals surface area contributed by atoms with Crippen LogP contribution in [0.4, 0.5) is 4.79 Å². The van der Waals surface area contributed by atoms with Gasteiger partial charge in [-0.05, 0) is 36.8 Å². The molecule has 2 aromatic rings. The van der Waals surface area contributed by atoms with Crippen LogP contribution in [0.3, 0.4) is 0 Å². The fraction of sp³-hybridized carbons (Fsp3) is 0.458. The van der Waals surface area contributed by atoms with E-state index in [1.165, 1.54) is 24.0 Å². The molecule has 146 valence electrons. The predicted octanol–water partition coefficient (Wildman–Crippen LogP) is 7.02. The van der Waals surface area contributed by atoms with Crippen molar-refractivity contribution in [1.82, 2.24) is 0 Å². The molecule has 0 bridgehead atoms. The Balaban J connectivity index is 1.78. The molecule has 0 heterocycles. The monoisotopic (exact) mass is 368 g/mol. The van der Waals surface area contributed by atoms with Crippen molar-refractivity contribution in [2.75, 3.05) is 0 Å². The Kier molecular flexibility index (Phi) is 9.47. The fourth-order valence-electron chi connectivity index (χ4n) is 3.70. The molecule has 0 saturated carbocycles. The first-order valence-electron chi connectivity index (χ1n) is 10.2. The third kappa shape index (κ3) is 7.86. The first-order chi connectivity index (χ1) is 13.2. The highest BCUT2D eigenvalue weighted by Crippen LogP contribution is 2.30. The highest BCUT2D eigenvalue weighted by atomic mass is 16.7. The molecule has 1 N–H and O–H groups in total. The highest BCUT2D eigenvalue weighted by Gasteiger charge is 2.14. The Morgan fingerprint density at radius 1 is 0.815 bits per heavy atom. The van der Waals surface area contributed by atoms with Crippen LogP contribution in [0.25, 0.3) is 0 Å². The number of benzene rings is 2. The zero-order valence-electron chi connectivity index (χ0n) is 16.3. The van der Waals surface area contributed by atoms with E-state index in [4.69, 9.17) is 9.84 Å². The Bertz CT molecular complexity index is 600. The molecule has 2 rings (SSSR count). The normalized spacial score (nSPS) is 12.1. The van der Waals surface area contributed by atoms with Gasteiger partial charge in [-0.1, -0.05) is 93.3 Å². The minimum atomic E-state index is -1.15. The molecule has 0 aromatic heterocycles. The van der Waals surface area contributed by atoms with E-state index < -0.39 is 6.16 Å². The van der Waals surface area contributed by atoms with Crippen LogP contribution in [0.1, 0.15) is 75.3 Å². The van der Waals surface area contributed by atoms with Gasteiger partial charge in [-0.25, -0.2) is 4.79 Å². The quantitative estimate of drug-likeness (QED) is 0.323. The van der Waals surface area contributed by atoms with E-state index in [2.05, 4.69) is 67.6 Å². The molecular weight excluding hydrogens is 336 g/mol. The van der Waals surface area contributed by atoms with Crippen LogP contribution in [-0.4, -0.2) is 17.4 Å². The second kappa shape index (κ2) is 12.2. The summed E-state index contributed by atoms with van der Waals surface area (Å²) in [5.74, 6) is 0.440. The summed E-state index contributed by atoms with van der Waals surface area (Å²) in [6, 6.07) is 21.5. The van der Waals surface area contributed by atoms with E-state index in [1.807, 2.05) is 0 Å². The molecule has 0 aliphatic heterocycles. The van der Waals surface area contributed by atoms with Crippen LogP contribution in [0.15, 0.2) is 60.7 Å². The summed E-state index contributed by atoms with van der Waals surface area (Å²) >= 11 is 0. The Morgan fingerprint density at radius 2 is 1.33 bits per heavy atom. The van der Waals surface area contributed by atoms with Gasteiger partial charge in [0, 0.05) is 5.92 Å². The summed E-state index contributed by atoms with van der Waals surface area (Å²) in [5.41, 5.74) is 2.75. The molecule has 0 aliphatic carbocycles. The molecule has 0 spiro atoms. The van der Waals surface area contributed by atoms with E-state index in [1.54, 1.807) is 0 Å². The molecule has 2 aromatic carbocycles. The lowest BCUT2D eigenvalue weighted by Crippen LogP contribution is -2.16. The molecule has 27 heavy (non-hydrogen) atoms. The zero-order chi connectivity index (χ0) is 19.3. The van der Waals surface area contributed by atoms with Crippen LogP contribution < -0.4 is 0 Å². The van der Waals surface area contributed by atoms with Crippen LogP contribution in [0, 0.1) is 0 Å². The van der Waals surface area contributed by atoms with Crippen molar-refractivity contribution in [3.63, 3.8) is 0 Å². The van der Waals surface area contributed by atoms with E-state index in [0.717, 1.165) is 38.5 Å². The van der Waals surface area contributed by atoms with Gasteiger partial charge in [-0.3, -0.25) is 0 Å². The number of unbranched alkanes of at least 4 members (excludes halogenated alkanes) is 3. The van der Waals surface area contributed by atoms with Crippen molar-refractivity contribution in [2.24, 2.45) is 0 Å². The van der Waals surface area contributed by atoms with Gasteiger partial charge in [-0.15, -0.1) is 0 Å². The summed E-state index contributed by atoms with van der Waals surface area (Å²) in [6.45, 7) is 2.06. The maximum absolute atomic E-state index is 10.7. The van der Waals surface area contributed by atoms with Crippen molar-refractivity contribution in [2.45, 2.75) is 70.3 Å². The lowest BCUT2D eigenvalue weighted by molar-refractivity contribution is 0.0431. The van der Waals surface area contributed by atoms with Gasteiger partial charge in [0.05, 0.1) is 0 Å². The molecule has 1 atom stereocenters. The largest absolute Gasteiger partial charge is 0.506 e. The standard InChI is InChI=1S/C24H32O3/c1-2-13-22(27-24(25)26)18-11-3-4-12-19-23(20-14-7-5-8-15-20)21-16-9-6-10-17-21/h5-10,14-17,22-23H,2-4,11-13,18-19H2,1H3,(H,25,26).